The molecule has 0 aromatic carbocycles. The molecule has 0 saturated carbocycles. The van der Waals surface area contributed by atoms with Crippen molar-refractivity contribution in [2.75, 3.05) is 18.4 Å². The number of anilines is 1. The van der Waals surface area contributed by atoms with Gasteiger partial charge in [0.05, 0.1) is 5.92 Å². The van der Waals surface area contributed by atoms with E-state index in [1.54, 1.807) is 5.51 Å². The molecule has 1 aromatic heterocycles. The Kier molecular flexibility index (Phi) is 2.74. The van der Waals surface area contributed by atoms with Crippen molar-refractivity contribution in [1.82, 2.24) is 15.5 Å². The summed E-state index contributed by atoms with van der Waals surface area (Å²) in [6.07, 6.45) is 0. The molecule has 1 fully saturated rings. The Hall–Kier alpha value is -1.01. The summed E-state index contributed by atoms with van der Waals surface area (Å²) in [4.78, 5) is 11.7. The van der Waals surface area contributed by atoms with Crippen LogP contribution in [0.5, 0.6) is 0 Å². The van der Waals surface area contributed by atoms with Gasteiger partial charge in [-0.15, -0.1) is 10.2 Å². The van der Waals surface area contributed by atoms with Gasteiger partial charge >= 0.3 is 0 Å². The first-order valence-electron chi connectivity index (χ1n) is 4.55. The quantitative estimate of drug-likeness (QED) is 0.741. The largest absolute Gasteiger partial charge is 0.316 e. The zero-order valence-electron chi connectivity index (χ0n) is 7.86. The molecule has 0 radical (unpaired) electrons. The monoisotopic (exact) mass is 212 g/mol. The van der Waals surface area contributed by atoms with E-state index in [0.717, 1.165) is 13.1 Å². The maximum atomic E-state index is 11.7. The van der Waals surface area contributed by atoms with E-state index in [2.05, 4.69) is 27.8 Å². The number of aromatic nitrogens is 2. The summed E-state index contributed by atoms with van der Waals surface area (Å²) in [7, 11) is 0. The third-order valence-electron chi connectivity index (χ3n) is 2.44. The van der Waals surface area contributed by atoms with Crippen LogP contribution in [0.4, 0.5) is 5.13 Å². The number of nitrogens with zero attached hydrogens (tertiary/aromatic N) is 2. The molecule has 76 valence electrons. The van der Waals surface area contributed by atoms with E-state index in [1.807, 2.05) is 0 Å². The maximum Gasteiger partial charge on any atom is 0.230 e. The Morgan fingerprint density at radius 2 is 2.57 bits per heavy atom. The molecule has 1 aromatic rings. The highest BCUT2D eigenvalue weighted by Crippen LogP contribution is 2.18. The molecule has 1 saturated heterocycles. The minimum absolute atomic E-state index is 0.0410. The lowest BCUT2D eigenvalue weighted by molar-refractivity contribution is -0.120. The Bertz CT molecular complexity index is 313. The van der Waals surface area contributed by atoms with Crippen LogP contribution < -0.4 is 10.6 Å². The molecular weight excluding hydrogens is 200 g/mol. The number of carbonyl (C=O) groups excluding carboxylic acids is 1. The molecule has 2 rings (SSSR count). The molecule has 1 amide bonds. The van der Waals surface area contributed by atoms with Gasteiger partial charge in [-0.1, -0.05) is 18.3 Å². The smallest absolute Gasteiger partial charge is 0.230 e. The van der Waals surface area contributed by atoms with E-state index in [0.29, 0.717) is 11.0 Å². The summed E-state index contributed by atoms with van der Waals surface area (Å²) in [6, 6.07) is 0. The number of amides is 1. The Balaban J connectivity index is 1.95. The third kappa shape index (κ3) is 1.91. The molecular formula is C8H12N4OS. The van der Waals surface area contributed by atoms with Crippen LogP contribution in [0.2, 0.25) is 0 Å². The maximum absolute atomic E-state index is 11.7. The Morgan fingerprint density at radius 3 is 3.14 bits per heavy atom. The van der Waals surface area contributed by atoms with Gasteiger partial charge in [-0.05, 0) is 12.5 Å². The predicted molar refractivity (Wildman–Crippen MR) is 54.1 cm³/mol. The molecule has 1 aliphatic rings. The summed E-state index contributed by atoms with van der Waals surface area (Å²) >= 11 is 1.34. The lowest BCUT2D eigenvalue weighted by Gasteiger charge is -2.11. The highest BCUT2D eigenvalue weighted by Gasteiger charge is 2.29. The minimum Gasteiger partial charge on any atom is -0.316 e. The van der Waals surface area contributed by atoms with Gasteiger partial charge < -0.3 is 10.6 Å². The van der Waals surface area contributed by atoms with Gasteiger partial charge in [-0.3, -0.25) is 4.79 Å². The van der Waals surface area contributed by atoms with E-state index >= 15 is 0 Å². The van der Waals surface area contributed by atoms with E-state index in [9.17, 15) is 4.79 Å². The van der Waals surface area contributed by atoms with E-state index in [4.69, 9.17) is 0 Å². The van der Waals surface area contributed by atoms with Gasteiger partial charge in [-0.2, -0.15) is 0 Å². The van der Waals surface area contributed by atoms with Crippen LogP contribution in [-0.4, -0.2) is 29.2 Å². The zero-order chi connectivity index (χ0) is 9.97. The van der Waals surface area contributed by atoms with Crippen LogP contribution in [0.3, 0.4) is 0 Å². The molecule has 0 bridgehead atoms. The molecule has 5 nitrogen and oxygen atoms in total. The van der Waals surface area contributed by atoms with E-state index in [1.165, 1.54) is 11.3 Å². The number of hydrogen-bond acceptors (Lipinski definition) is 5. The van der Waals surface area contributed by atoms with Crippen molar-refractivity contribution in [3.8, 4) is 0 Å². The highest BCUT2D eigenvalue weighted by atomic mass is 32.1. The molecule has 0 aliphatic carbocycles. The number of nitrogens with one attached hydrogen (secondary N) is 2. The average Bonchev–Trinajstić information content (AvgIpc) is 2.75. The summed E-state index contributed by atoms with van der Waals surface area (Å²) in [6.45, 7) is 3.74. The molecule has 2 N–H and O–H groups in total. The first kappa shape index (κ1) is 9.54. The predicted octanol–water partition coefficient (Wildman–Crippen LogP) is 0.332. The molecule has 2 atom stereocenters. The fourth-order valence-electron chi connectivity index (χ4n) is 1.59. The third-order valence-corrected chi connectivity index (χ3v) is 3.05. The lowest BCUT2D eigenvalue weighted by Crippen LogP contribution is -2.27. The molecule has 0 spiro atoms. The standard InChI is InChI=1S/C8H12N4OS/c1-5-2-9-3-6(5)7(13)11-8-12-10-4-14-8/h4-6,9H,2-3H2,1H3,(H,11,12,13)/t5-,6-/m1/s1. The van der Waals surface area contributed by atoms with Crippen LogP contribution in [0, 0.1) is 11.8 Å². The molecule has 1 aliphatic heterocycles. The van der Waals surface area contributed by atoms with Gasteiger partial charge in [0, 0.05) is 6.54 Å². The van der Waals surface area contributed by atoms with Crippen LogP contribution in [0.15, 0.2) is 5.51 Å². The summed E-state index contributed by atoms with van der Waals surface area (Å²) in [5.41, 5.74) is 1.60. The topological polar surface area (TPSA) is 66.9 Å². The van der Waals surface area contributed by atoms with E-state index in [-0.39, 0.29) is 11.8 Å². The SMILES string of the molecule is C[C@@H]1CNC[C@H]1C(=O)Nc1nncs1. The minimum atomic E-state index is 0.0410. The van der Waals surface area contributed by atoms with Crippen LogP contribution in [0.25, 0.3) is 0 Å². The van der Waals surface area contributed by atoms with Gasteiger partial charge in [0.1, 0.15) is 5.51 Å². The molecule has 6 heteroatoms. The van der Waals surface area contributed by atoms with Crippen molar-refractivity contribution in [1.29, 1.82) is 0 Å². The van der Waals surface area contributed by atoms with Gasteiger partial charge in [-0.25, -0.2) is 0 Å². The molecule has 14 heavy (non-hydrogen) atoms. The fourth-order valence-corrected chi connectivity index (χ4v) is 2.03. The number of hydrogen-bond donors (Lipinski definition) is 2. The Morgan fingerprint density at radius 1 is 1.71 bits per heavy atom. The van der Waals surface area contributed by atoms with Gasteiger partial charge in [0.15, 0.2) is 0 Å². The van der Waals surface area contributed by atoms with Crippen LogP contribution in [-0.2, 0) is 4.79 Å². The van der Waals surface area contributed by atoms with Crippen LogP contribution >= 0.6 is 11.3 Å². The van der Waals surface area contributed by atoms with Gasteiger partial charge in [0.25, 0.3) is 0 Å². The summed E-state index contributed by atoms with van der Waals surface area (Å²) in [5, 5.41) is 14.0. The van der Waals surface area contributed by atoms with Crippen molar-refractivity contribution in [2.45, 2.75) is 6.92 Å². The van der Waals surface area contributed by atoms with Gasteiger partial charge in [0.2, 0.25) is 11.0 Å². The van der Waals surface area contributed by atoms with Crippen molar-refractivity contribution >= 4 is 22.4 Å². The second-order valence-electron chi connectivity index (χ2n) is 3.48. The van der Waals surface area contributed by atoms with E-state index < -0.39 is 0 Å². The van der Waals surface area contributed by atoms with Crippen molar-refractivity contribution in [2.24, 2.45) is 11.8 Å². The first-order chi connectivity index (χ1) is 6.77. The second-order valence-corrected chi connectivity index (χ2v) is 4.31. The summed E-state index contributed by atoms with van der Waals surface area (Å²) in [5.74, 6) is 0.487. The normalized spacial score (nSPS) is 26.4. The first-order valence-corrected chi connectivity index (χ1v) is 5.43. The highest BCUT2D eigenvalue weighted by molar-refractivity contribution is 7.13. The summed E-state index contributed by atoms with van der Waals surface area (Å²) < 4.78 is 0. The molecule has 0 unspecified atom stereocenters. The Labute approximate surface area is 85.9 Å². The van der Waals surface area contributed by atoms with Crippen molar-refractivity contribution in [3.63, 3.8) is 0 Å². The van der Waals surface area contributed by atoms with Crippen LogP contribution in [0.1, 0.15) is 6.92 Å². The number of carbonyl (C=O) groups is 1. The fraction of sp³-hybridized carbons (Fsp3) is 0.625. The lowest BCUT2D eigenvalue weighted by atomic mass is 9.97. The van der Waals surface area contributed by atoms with Crippen molar-refractivity contribution < 1.29 is 4.79 Å². The van der Waals surface area contributed by atoms with Crippen molar-refractivity contribution in [3.05, 3.63) is 5.51 Å². The molecule has 2 heterocycles. The second kappa shape index (κ2) is 4.02. The zero-order valence-corrected chi connectivity index (χ0v) is 8.67. The number of rotatable bonds is 2. The average molecular weight is 212 g/mol.